The summed E-state index contributed by atoms with van der Waals surface area (Å²) in [6.07, 6.45) is 0. The first kappa shape index (κ1) is 15.2. The second kappa shape index (κ2) is 5.65. The molecule has 2 heterocycles. The second-order valence-corrected chi connectivity index (χ2v) is 5.79. The molecule has 0 aliphatic rings. The Labute approximate surface area is 125 Å². The van der Waals surface area contributed by atoms with Crippen LogP contribution in [0.5, 0.6) is 0 Å². The summed E-state index contributed by atoms with van der Waals surface area (Å²) in [5.41, 5.74) is 1.66. The van der Waals surface area contributed by atoms with E-state index >= 15 is 0 Å². The number of carbonyl (C=O) groups excluding carboxylic acids is 1. The number of nitrogens with one attached hydrogen (secondary N) is 1. The van der Waals surface area contributed by atoms with Crippen molar-refractivity contribution in [1.29, 1.82) is 0 Å². The van der Waals surface area contributed by atoms with Gasteiger partial charge in [0.2, 0.25) is 0 Å². The number of thiazole rings is 1. The number of carboxylic acid groups (broad SMARTS) is 1. The van der Waals surface area contributed by atoms with Gasteiger partial charge in [0.25, 0.3) is 5.91 Å². The molecule has 0 saturated carbocycles. The van der Waals surface area contributed by atoms with Crippen LogP contribution < -0.4 is 5.32 Å². The van der Waals surface area contributed by atoms with Gasteiger partial charge in [0.1, 0.15) is 15.6 Å². The van der Waals surface area contributed by atoms with E-state index in [4.69, 9.17) is 5.11 Å². The molecule has 0 aliphatic carbocycles. The third kappa shape index (κ3) is 3.10. The molecule has 2 rings (SSSR count). The fourth-order valence-electron chi connectivity index (χ4n) is 1.80. The summed E-state index contributed by atoms with van der Waals surface area (Å²) in [7, 11) is 1.76. The van der Waals surface area contributed by atoms with E-state index in [2.05, 4.69) is 15.4 Å². The molecule has 1 atom stereocenters. The quantitative estimate of drug-likeness (QED) is 0.895. The lowest BCUT2D eigenvalue weighted by atomic mass is 10.3. The number of aryl methyl sites for hydroxylation is 3. The molecule has 1 unspecified atom stereocenters. The zero-order valence-electron chi connectivity index (χ0n) is 12.2. The standard InChI is InChI=1S/C13H16N4O3S/c1-6-5-9(16-17(6)4)11(18)14-8(3)12-15-7(2)10(21-12)13(19)20/h5,8H,1-4H3,(H,14,18)(H,19,20). The molecule has 0 radical (unpaired) electrons. The van der Waals surface area contributed by atoms with E-state index in [0.29, 0.717) is 16.4 Å². The van der Waals surface area contributed by atoms with Crippen LogP contribution in [0.3, 0.4) is 0 Å². The molecule has 0 aliphatic heterocycles. The second-order valence-electron chi connectivity index (χ2n) is 4.76. The van der Waals surface area contributed by atoms with E-state index in [1.807, 2.05) is 6.92 Å². The van der Waals surface area contributed by atoms with Crippen molar-refractivity contribution >= 4 is 23.2 Å². The minimum Gasteiger partial charge on any atom is -0.477 e. The van der Waals surface area contributed by atoms with Crippen molar-refractivity contribution < 1.29 is 14.7 Å². The van der Waals surface area contributed by atoms with Crippen molar-refractivity contribution in [3.63, 3.8) is 0 Å². The SMILES string of the molecule is Cc1nc(C(C)NC(=O)c2cc(C)n(C)n2)sc1C(=O)O. The number of aromatic nitrogens is 3. The van der Waals surface area contributed by atoms with Crippen LogP contribution in [0.4, 0.5) is 0 Å². The van der Waals surface area contributed by atoms with Crippen LogP contribution in [0.2, 0.25) is 0 Å². The predicted molar refractivity (Wildman–Crippen MR) is 77.6 cm³/mol. The normalized spacial score (nSPS) is 12.2. The van der Waals surface area contributed by atoms with E-state index in [9.17, 15) is 9.59 Å². The number of nitrogens with zero attached hydrogens (tertiary/aromatic N) is 3. The molecule has 0 saturated heterocycles. The molecule has 7 nitrogen and oxygen atoms in total. The predicted octanol–water partition coefficient (Wildman–Crippen LogP) is 1.68. The van der Waals surface area contributed by atoms with Gasteiger partial charge in [0.15, 0.2) is 0 Å². The van der Waals surface area contributed by atoms with E-state index in [0.717, 1.165) is 17.0 Å². The van der Waals surface area contributed by atoms with Crippen molar-refractivity contribution in [2.75, 3.05) is 0 Å². The summed E-state index contributed by atoms with van der Waals surface area (Å²) in [5, 5.41) is 16.5. The van der Waals surface area contributed by atoms with Gasteiger partial charge in [-0.3, -0.25) is 9.48 Å². The number of rotatable bonds is 4. The fourth-order valence-corrected chi connectivity index (χ4v) is 2.71. The van der Waals surface area contributed by atoms with Crippen LogP contribution >= 0.6 is 11.3 Å². The Morgan fingerprint density at radius 2 is 2.10 bits per heavy atom. The van der Waals surface area contributed by atoms with E-state index < -0.39 is 5.97 Å². The van der Waals surface area contributed by atoms with Crippen LogP contribution in [0.15, 0.2) is 6.07 Å². The van der Waals surface area contributed by atoms with E-state index in [1.54, 1.807) is 31.6 Å². The van der Waals surface area contributed by atoms with Gasteiger partial charge in [-0.2, -0.15) is 5.10 Å². The first-order valence-corrected chi connectivity index (χ1v) is 7.13. The maximum absolute atomic E-state index is 12.1. The van der Waals surface area contributed by atoms with Crippen molar-refractivity contribution in [2.45, 2.75) is 26.8 Å². The molecule has 2 aromatic heterocycles. The zero-order chi connectivity index (χ0) is 15.7. The first-order valence-electron chi connectivity index (χ1n) is 6.31. The highest BCUT2D eigenvalue weighted by Crippen LogP contribution is 2.23. The van der Waals surface area contributed by atoms with E-state index in [1.165, 1.54) is 0 Å². The maximum Gasteiger partial charge on any atom is 0.347 e. The summed E-state index contributed by atoms with van der Waals surface area (Å²) < 4.78 is 1.62. The van der Waals surface area contributed by atoms with Gasteiger partial charge in [0, 0.05) is 12.7 Å². The van der Waals surface area contributed by atoms with Gasteiger partial charge >= 0.3 is 5.97 Å². The largest absolute Gasteiger partial charge is 0.477 e. The molecule has 2 N–H and O–H groups in total. The van der Waals surface area contributed by atoms with Crippen LogP contribution in [0.1, 0.15) is 49.5 Å². The summed E-state index contributed by atoms with van der Waals surface area (Å²) in [4.78, 5) is 27.5. The molecule has 21 heavy (non-hydrogen) atoms. The van der Waals surface area contributed by atoms with Gasteiger partial charge in [0.05, 0.1) is 11.7 Å². The average molecular weight is 308 g/mol. The van der Waals surface area contributed by atoms with Crippen LogP contribution in [0.25, 0.3) is 0 Å². The Morgan fingerprint density at radius 1 is 1.43 bits per heavy atom. The third-order valence-corrected chi connectivity index (χ3v) is 4.40. The molecule has 2 aromatic rings. The Balaban J connectivity index is 2.14. The molecule has 0 spiro atoms. The van der Waals surface area contributed by atoms with Gasteiger partial charge in [-0.05, 0) is 26.8 Å². The van der Waals surface area contributed by atoms with Gasteiger partial charge < -0.3 is 10.4 Å². The number of amides is 1. The Hall–Kier alpha value is -2.22. The highest BCUT2D eigenvalue weighted by molar-refractivity contribution is 7.13. The molecule has 8 heteroatoms. The molecule has 0 fully saturated rings. The number of hydrogen-bond acceptors (Lipinski definition) is 5. The first-order chi connectivity index (χ1) is 9.79. The van der Waals surface area contributed by atoms with E-state index in [-0.39, 0.29) is 16.8 Å². The van der Waals surface area contributed by atoms with Crippen LogP contribution in [0, 0.1) is 13.8 Å². The van der Waals surface area contributed by atoms with Crippen molar-refractivity contribution in [1.82, 2.24) is 20.1 Å². The molecular weight excluding hydrogens is 292 g/mol. The van der Waals surface area contributed by atoms with Gasteiger partial charge in [-0.1, -0.05) is 0 Å². The van der Waals surface area contributed by atoms with Gasteiger partial charge in [-0.15, -0.1) is 11.3 Å². The number of aromatic carboxylic acids is 1. The van der Waals surface area contributed by atoms with Crippen molar-refractivity contribution in [3.8, 4) is 0 Å². The minimum atomic E-state index is -1.00. The molecule has 1 amide bonds. The lowest BCUT2D eigenvalue weighted by molar-refractivity contribution is 0.0701. The van der Waals surface area contributed by atoms with Crippen LogP contribution in [-0.4, -0.2) is 31.7 Å². The topological polar surface area (TPSA) is 97.1 Å². The maximum atomic E-state index is 12.1. The fraction of sp³-hybridized carbons (Fsp3) is 0.385. The summed E-state index contributed by atoms with van der Waals surface area (Å²) in [6, 6.07) is 1.31. The smallest absolute Gasteiger partial charge is 0.347 e. The number of carboxylic acids is 1. The van der Waals surface area contributed by atoms with Crippen LogP contribution in [-0.2, 0) is 7.05 Å². The Bertz CT molecular complexity index is 685. The highest BCUT2D eigenvalue weighted by Gasteiger charge is 2.20. The third-order valence-electron chi connectivity index (χ3n) is 3.07. The lowest BCUT2D eigenvalue weighted by Gasteiger charge is -2.09. The zero-order valence-corrected chi connectivity index (χ0v) is 13.0. The van der Waals surface area contributed by atoms with Crippen molar-refractivity contribution in [3.05, 3.63) is 33.0 Å². The monoisotopic (exact) mass is 308 g/mol. The Kier molecular flexibility index (Phi) is 4.08. The molecule has 0 aromatic carbocycles. The lowest BCUT2D eigenvalue weighted by Crippen LogP contribution is -2.27. The molecule has 112 valence electrons. The van der Waals surface area contributed by atoms with Gasteiger partial charge in [-0.25, -0.2) is 9.78 Å². The summed E-state index contributed by atoms with van der Waals surface area (Å²) >= 11 is 1.07. The summed E-state index contributed by atoms with van der Waals surface area (Å²) in [5.74, 6) is -1.31. The highest BCUT2D eigenvalue weighted by atomic mass is 32.1. The summed E-state index contributed by atoms with van der Waals surface area (Å²) in [6.45, 7) is 5.26. The Morgan fingerprint density at radius 3 is 2.57 bits per heavy atom. The average Bonchev–Trinajstić information content (AvgIpc) is 2.94. The number of carbonyl (C=O) groups is 2. The number of hydrogen-bond donors (Lipinski definition) is 2. The minimum absolute atomic E-state index is 0.194. The molecule has 0 bridgehead atoms. The van der Waals surface area contributed by atoms with Crippen molar-refractivity contribution in [2.24, 2.45) is 7.05 Å². The molecular formula is C13H16N4O3S.